The van der Waals surface area contributed by atoms with Crippen molar-refractivity contribution in [3.8, 4) is 5.75 Å². The topological polar surface area (TPSA) is 64.1 Å². The number of hydrogen-bond acceptors (Lipinski definition) is 5. The van der Waals surface area contributed by atoms with Crippen LogP contribution in [0.1, 0.15) is 12.6 Å². The molecule has 0 atom stereocenters. The van der Waals surface area contributed by atoms with Crippen LogP contribution in [0.15, 0.2) is 41.7 Å². The van der Waals surface area contributed by atoms with Crippen molar-refractivity contribution in [2.75, 3.05) is 17.7 Å². The lowest BCUT2D eigenvalue weighted by Gasteiger charge is -2.10. The van der Waals surface area contributed by atoms with Gasteiger partial charge in [0.15, 0.2) is 0 Å². The van der Waals surface area contributed by atoms with Crippen molar-refractivity contribution in [3.63, 3.8) is 0 Å². The molecule has 2 rings (SSSR count). The largest absolute Gasteiger partial charge is 0.492 e. The fourth-order valence-electron chi connectivity index (χ4n) is 1.69. The van der Waals surface area contributed by atoms with Gasteiger partial charge in [-0.2, -0.15) is 0 Å². The van der Waals surface area contributed by atoms with Gasteiger partial charge in [0, 0.05) is 5.69 Å². The number of nitrogens with one attached hydrogen (secondary N) is 1. The van der Waals surface area contributed by atoms with E-state index in [0.29, 0.717) is 18.0 Å². The van der Waals surface area contributed by atoms with E-state index in [0.717, 1.165) is 10.7 Å². The minimum atomic E-state index is -0.0941. The summed E-state index contributed by atoms with van der Waals surface area (Å²) >= 11 is 1.38. The van der Waals surface area contributed by atoms with Gasteiger partial charge in [0.25, 0.3) is 0 Å². The molecule has 0 bridgehead atoms. The molecule has 0 unspecified atom stereocenters. The molecule has 1 heterocycles. The number of hydrogen-bond donors (Lipinski definition) is 1. The molecule has 21 heavy (non-hydrogen) atoms. The maximum absolute atomic E-state index is 12.0. The lowest BCUT2D eigenvalue weighted by atomic mass is 10.3. The van der Waals surface area contributed by atoms with Crippen LogP contribution in [-0.4, -0.2) is 28.2 Å². The minimum Gasteiger partial charge on any atom is -0.492 e. The molecule has 2 aromatic rings. The van der Waals surface area contributed by atoms with E-state index in [4.69, 9.17) is 4.74 Å². The average Bonchev–Trinajstić information content (AvgIpc) is 2.48. The number of aryl methyl sites for hydroxylation is 1. The van der Waals surface area contributed by atoms with Crippen LogP contribution in [0.5, 0.6) is 5.75 Å². The summed E-state index contributed by atoms with van der Waals surface area (Å²) < 4.78 is 5.47. The molecule has 0 aliphatic carbocycles. The summed E-state index contributed by atoms with van der Waals surface area (Å²) in [5.74, 6) is 0.872. The molecular formula is C15H17N3O2S. The molecule has 6 heteroatoms. The Balaban J connectivity index is 1.93. The number of aromatic nitrogens is 2. The Morgan fingerprint density at radius 1 is 1.33 bits per heavy atom. The van der Waals surface area contributed by atoms with E-state index in [9.17, 15) is 4.79 Å². The molecule has 0 saturated carbocycles. The van der Waals surface area contributed by atoms with Crippen LogP contribution in [0.3, 0.4) is 0 Å². The van der Waals surface area contributed by atoms with Crippen molar-refractivity contribution in [1.82, 2.24) is 9.97 Å². The fraction of sp³-hybridized carbons (Fsp3) is 0.267. The SMILES string of the molecule is CCOc1ccccc1NC(=O)CSc1cc(C)ncn1. The highest BCUT2D eigenvalue weighted by molar-refractivity contribution is 7.99. The zero-order valence-corrected chi connectivity index (χ0v) is 12.8. The zero-order chi connectivity index (χ0) is 15.1. The first-order valence-corrected chi connectivity index (χ1v) is 7.60. The maximum atomic E-state index is 12.0. The highest BCUT2D eigenvalue weighted by Gasteiger charge is 2.08. The number of anilines is 1. The summed E-state index contributed by atoms with van der Waals surface area (Å²) in [4.78, 5) is 20.1. The van der Waals surface area contributed by atoms with Gasteiger partial charge in [0.2, 0.25) is 5.91 Å². The van der Waals surface area contributed by atoms with Crippen molar-refractivity contribution in [2.24, 2.45) is 0 Å². The normalized spacial score (nSPS) is 10.2. The first-order chi connectivity index (χ1) is 10.2. The van der Waals surface area contributed by atoms with Gasteiger partial charge in [-0.3, -0.25) is 4.79 Å². The second kappa shape index (κ2) is 7.64. The van der Waals surface area contributed by atoms with E-state index in [1.54, 1.807) is 0 Å². The van der Waals surface area contributed by atoms with Crippen LogP contribution in [0.25, 0.3) is 0 Å². The Kier molecular flexibility index (Phi) is 5.57. The van der Waals surface area contributed by atoms with E-state index < -0.39 is 0 Å². The number of para-hydroxylation sites is 2. The molecule has 110 valence electrons. The van der Waals surface area contributed by atoms with Gasteiger partial charge in [-0.05, 0) is 32.0 Å². The van der Waals surface area contributed by atoms with Crippen molar-refractivity contribution >= 4 is 23.4 Å². The second-order valence-corrected chi connectivity index (χ2v) is 5.26. The minimum absolute atomic E-state index is 0.0941. The number of thioether (sulfide) groups is 1. The molecule has 5 nitrogen and oxygen atoms in total. The van der Waals surface area contributed by atoms with Crippen molar-refractivity contribution in [3.05, 3.63) is 42.4 Å². The summed E-state index contributed by atoms with van der Waals surface area (Å²) in [6.45, 7) is 4.36. The van der Waals surface area contributed by atoms with Gasteiger partial charge >= 0.3 is 0 Å². The maximum Gasteiger partial charge on any atom is 0.234 e. The Bertz CT molecular complexity index is 619. The predicted octanol–water partition coefficient (Wildman–Crippen LogP) is 2.91. The predicted molar refractivity (Wildman–Crippen MR) is 83.7 cm³/mol. The third kappa shape index (κ3) is 4.75. The summed E-state index contributed by atoms with van der Waals surface area (Å²) in [7, 11) is 0. The van der Waals surface area contributed by atoms with Crippen molar-refractivity contribution < 1.29 is 9.53 Å². The zero-order valence-electron chi connectivity index (χ0n) is 12.0. The molecule has 0 radical (unpaired) electrons. The van der Waals surface area contributed by atoms with Crippen LogP contribution in [0, 0.1) is 6.92 Å². The number of benzene rings is 1. The number of rotatable bonds is 6. The molecule has 1 N–H and O–H groups in total. The van der Waals surface area contributed by atoms with Crippen molar-refractivity contribution in [1.29, 1.82) is 0 Å². The molecule has 0 aliphatic rings. The third-order valence-corrected chi connectivity index (χ3v) is 3.52. The molecular weight excluding hydrogens is 286 g/mol. The van der Waals surface area contributed by atoms with Gasteiger partial charge in [0.1, 0.15) is 17.1 Å². The molecule has 0 fully saturated rings. The highest BCUT2D eigenvalue weighted by Crippen LogP contribution is 2.24. The average molecular weight is 303 g/mol. The van der Waals surface area contributed by atoms with E-state index >= 15 is 0 Å². The molecule has 1 amide bonds. The number of ether oxygens (including phenoxy) is 1. The van der Waals surface area contributed by atoms with E-state index in [1.807, 2.05) is 44.2 Å². The smallest absolute Gasteiger partial charge is 0.234 e. The molecule has 0 spiro atoms. The summed E-state index contributed by atoms with van der Waals surface area (Å²) in [6.07, 6.45) is 1.50. The second-order valence-electron chi connectivity index (χ2n) is 4.26. The summed E-state index contributed by atoms with van der Waals surface area (Å²) in [5, 5.41) is 3.64. The van der Waals surface area contributed by atoms with Gasteiger partial charge in [-0.15, -0.1) is 0 Å². The van der Waals surface area contributed by atoms with Crippen molar-refractivity contribution in [2.45, 2.75) is 18.9 Å². The quantitative estimate of drug-likeness (QED) is 0.656. The molecule has 1 aromatic heterocycles. The monoisotopic (exact) mass is 303 g/mol. The third-order valence-electron chi connectivity index (χ3n) is 2.59. The number of carbonyl (C=O) groups excluding carboxylic acids is 1. The van der Waals surface area contributed by atoms with Crippen LogP contribution >= 0.6 is 11.8 Å². The van der Waals surface area contributed by atoms with Crippen LogP contribution in [-0.2, 0) is 4.79 Å². The standard InChI is InChI=1S/C15H17N3O2S/c1-3-20-13-7-5-4-6-12(13)18-14(19)9-21-15-8-11(2)16-10-17-15/h4-8,10H,3,9H2,1-2H3,(H,18,19). The lowest BCUT2D eigenvalue weighted by Crippen LogP contribution is -2.15. The Morgan fingerprint density at radius 3 is 2.90 bits per heavy atom. The number of carbonyl (C=O) groups is 1. The fourth-order valence-corrected chi connectivity index (χ4v) is 2.41. The highest BCUT2D eigenvalue weighted by atomic mass is 32.2. The van der Waals surface area contributed by atoms with Gasteiger partial charge in [-0.1, -0.05) is 23.9 Å². The van der Waals surface area contributed by atoms with Gasteiger partial charge in [0.05, 0.1) is 18.0 Å². The molecule has 1 aromatic carbocycles. The van der Waals surface area contributed by atoms with E-state index in [1.165, 1.54) is 18.1 Å². The summed E-state index contributed by atoms with van der Waals surface area (Å²) in [6, 6.07) is 9.24. The van der Waals surface area contributed by atoms with Crippen LogP contribution in [0.4, 0.5) is 5.69 Å². The van der Waals surface area contributed by atoms with Gasteiger partial charge < -0.3 is 10.1 Å². The van der Waals surface area contributed by atoms with Crippen LogP contribution < -0.4 is 10.1 Å². The lowest BCUT2D eigenvalue weighted by molar-refractivity contribution is -0.113. The Morgan fingerprint density at radius 2 is 2.14 bits per heavy atom. The van der Waals surface area contributed by atoms with E-state index in [2.05, 4.69) is 15.3 Å². The molecule has 0 aliphatic heterocycles. The number of nitrogens with zero attached hydrogens (tertiary/aromatic N) is 2. The Hall–Kier alpha value is -2.08. The van der Waals surface area contributed by atoms with Crippen LogP contribution in [0.2, 0.25) is 0 Å². The van der Waals surface area contributed by atoms with E-state index in [-0.39, 0.29) is 11.7 Å². The number of amides is 1. The first-order valence-electron chi connectivity index (χ1n) is 6.62. The van der Waals surface area contributed by atoms with Gasteiger partial charge in [-0.25, -0.2) is 9.97 Å². The first kappa shape index (κ1) is 15.3. The summed E-state index contributed by atoms with van der Waals surface area (Å²) in [5.41, 5.74) is 1.57. The Labute approximate surface area is 128 Å². The molecule has 0 saturated heterocycles.